The van der Waals surface area contributed by atoms with E-state index in [1.165, 1.54) is 6.07 Å². The standard InChI is InChI=1S/C22H22BrN3O4/c1-13-18(14(2)30-25-13)10-11-26(3)20-9-8-17(12-19(20)22(28)29)24-21(27)15-4-6-16(23)7-5-15/h4-9,12H,10-11H2,1-3H3,(H,24,27)(H,28,29). The summed E-state index contributed by atoms with van der Waals surface area (Å²) in [6.07, 6.45) is 0.679. The molecule has 0 spiro atoms. The zero-order valence-electron chi connectivity index (χ0n) is 16.9. The number of nitrogens with zero attached hydrogens (tertiary/aromatic N) is 2. The van der Waals surface area contributed by atoms with E-state index in [2.05, 4.69) is 26.4 Å². The molecule has 1 aromatic heterocycles. The summed E-state index contributed by atoms with van der Waals surface area (Å²) in [5.41, 5.74) is 3.45. The average Bonchev–Trinajstić information content (AvgIpc) is 3.04. The van der Waals surface area contributed by atoms with Crippen molar-refractivity contribution < 1.29 is 19.2 Å². The molecule has 30 heavy (non-hydrogen) atoms. The molecule has 1 heterocycles. The van der Waals surface area contributed by atoms with E-state index < -0.39 is 5.97 Å². The fourth-order valence-corrected chi connectivity index (χ4v) is 3.45. The molecular weight excluding hydrogens is 450 g/mol. The molecule has 0 saturated heterocycles. The second kappa shape index (κ2) is 9.13. The number of carboxylic acid groups (broad SMARTS) is 1. The van der Waals surface area contributed by atoms with Gasteiger partial charge in [0.2, 0.25) is 0 Å². The van der Waals surface area contributed by atoms with E-state index in [9.17, 15) is 14.7 Å². The molecule has 0 fully saturated rings. The molecule has 1 amide bonds. The van der Waals surface area contributed by atoms with Gasteiger partial charge in [-0.25, -0.2) is 4.79 Å². The normalized spacial score (nSPS) is 10.7. The predicted molar refractivity (Wildman–Crippen MR) is 118 cm³/mol. The number of aromatic carboxylic acids is 1. The maximum absolute atomic E-state index is 12.4. The number of carboxylic acids is 1. The molecule has 0 aliphatic rings. The first kappa shape index (κ1) is 21.6. The van der Waals surface area contributed by atoms with Crippen LogP contribution in [0.2, 0.25) is 0 Å². The molecule has 0 aliphatic heterocycles. The van der Waals surface area contributed by atoms with Crippen molar-refractivity contribution in [1.82, 2.24) is 5.16 Å². The minimum atomic E-state index is -1.06. The molecule has 0 radical (unpaired) electrons. The number of amides is 1. The van der Waals surface area contributed by atoms with E-state index in [1.807, 2.05) is 25.8 Å². The Labute approximate surface area is 182 Å². The number of hydrogen-bond acceptors (Lipinski definition) is 5. The Bertz CT molecular complexity index is 1060. The van der Waals surface area contributed by atoms with Crippen molar-refractivity contribution in [3.05, 3.63) is 75.1 Å². The Morgan fingerprint density at radius 2 is 1.87 bits per heavy atom. The number of rotatable bonds is 7. The van der Waals surface area contributed by atoms with Crippen molar-refractivity contribution in [3.63, 3.8) is 0 Å². The van der Waals surface area contributed by atoms with Gasteiger partial charge in [-0.15, -0.1) is 0 Å². The number of aryl methyl sites for hydroxylation is 2. The van der Waals surface area contributed by atoms with Crippen LogP contribution in [-0.4, -0.2) is 35.7 Å². The van der Waals surface area contributed by atoms with Gasteiger partial charge in [-0.2, -0.15) is 0 Å². The maximum Gasteiger partial charge on any atom is 0.337 e. The molecule has 2 aromatic carbocycles. The topological polar surface area (TPSA) is 95.7 Å². The molecule has 0 atom stereocenters. The van der Waals surface area contributed by atoms with Crippen LogP contribution < -0.4 is 10.2 Å². The zero-order valence-corrected chi connectivity index (χ0v) is 18.5. The summed E-state index contributed by atoms with van der Waals surface area (Å²) in [6.45, 7) is 4.34. The highest BCUT2D eigenvalue weighted by atomic mass is 79.9. The summed E-state index contributed by atoms with van der Waals surface area (Å²) in [5.74, 6) is -0.599. The lowest BCUT2D eigenvalue weighted by Gasteiger charge is -2.22. The van der Waals surface area contributed by atoms with Crippen LogP contribution in [0.4, 0.5) is 11.4 Å². The summed E-state index contributed by atoms with van der Waals surface area (Å²) >= 11 is 3.33. The van der Waals surface area contributed by atoms with E-state index in [0.29, 0.717) is 29.9 Å². The van der Waals surface area contributed by atoms with Gasteiger partial charge in [0.25, 0.3) is 5.91 Å². The number of carbonyl (C=O) groups is 2. The number of likely N-dealkylation sites (N-methyl/N-ethyl adjacent to an activating group) is 1. The molecule has 0 unspecified atom stereocenters. The van der Waals surface area contributed by atoms with Gasteiger partial charge in [0.05, 0.1) is 16.9 Å². The van der Waals surface area contributed by atoms with Crippen molar-refractivity contribution >= 4 is 39.2 Å². The molecule has 3 rings (SSSR count). The Morgan fingerprint density at radius 1 is 1.17 bits per heavy atom. The minimum absolute atomic E-state index is 0.116. The Kier molecular flexibility index (Phi) is 6.56. The van der Waals surface area contributed by atoms with E-state index in [1.54, 1.807) is 36.4 Å². The monoisotopic (exact) mass is 471 g/mol. The summed E-state index contributed by atoms with van der Waals surface area (Å²) in [4.78, 5) is 26.1. The number of anilines is 2. The fraction of sp³-hybridized carbons (Fsp3) is 0.227. The van der Waals surface area contributed by atoms with Gasteiger partial charge in [0.1, 0.15) is 5.76 Å². The Balaban J connectivity index is 1.76. The number of hydrogen-bond donors (Lipinski definition) is 2. The number of halogens is 1. The van der Waals surface area contributed by atoms with Crippen LogP contribution in [0.1, 0.15) is 37.7 Å². The van der Waals surface area contributed by atoms with Gasteiger partial charge in [-0.3, -0.25) is 4.79 Å². The Hall–Kier alpha value is -3.13. The second-order valence-electron chi connectivity index (χ2n) is 6.97. The third kappa shape index (κ3) is 4.88. The first-order valence-corrected chi connectivity index (χ1v) is 10.1. The molecule has 0 bridgehead atoms. The molecule has 0 aliphatic carbocycles. The summed E-state index contributed by atoms with van der Waals surface area (Å²) in [5, 5.41) is 16.4. The smallest absolute Gasteiger partial charge is 0.337 e. The van der Waals surface area contributed by atoms with Gasteiger partial charge in [0, 0.05) is 34.9 Å². The summed E-state index contributed by atoms with van der Waals surface area (Å²) in [7, 11) is 1.83. The lowest BCUT2D eigenvalue weighted by molar-refractivity contribution is 0.0697. The molecule has 8 heteroatoms. The van der Waals surface area contributed by atoms with E-state index >= 15 is 0 Å². The van der Waals surface area contributed by atoms with Crippen molar-refractivity contribution in [1.29, 1.82) is 0 Å². The van der Waals surface area contributed by atoms with E-state index in [0.717, 1.165) is 21.5 Å². The van der Waals surface area contributed by atoms with Crippen LogP contribution in [-0.2, 0) is 6.42 Å². The first-order chi connectivity index (χ1) is 14.3. The number of carbonyl (C=O) groups excluding carboxylic acids is 1. The SMILES string of the molecule is Cc1noc(C)c1CCN(C)c1ccc(NC(=O)c2ccc(Br)cc2)cc1C(=O)O. The van der Waals surface area contributed by atoms with Crippen LogP contribution in [0.5, 0.6) is 0 Å². The lowest BCUT2D eigenvalue weighted by Crippen LogP contribution is -2.23. The Morgan fingerprint density at radius 3 is 2.47 bits per heavy atom. The van der Waals surface area contributed by atoms with Crippen LogP contribution in [0.3, 0.4) is 0 Å². The van der Waals surface area contributed by atoms with Crippen LogP contribution in [0, 0.1) is 13.8 Å². The average molecular weight is 472 g/mol. The van der Waals surface area contributed by atoms with Crippen LogP contribution >= 0.6 is 15.9 Å². The van der Waals surface area contributed by atoms with Crippen LogP contribution in [0.25, 0.3) is 0 Å². The van der Waals surface area contributed by atoms with Gasteiger partial charge < -0.3 is 19.8 Å². The molecule has 2 N–H and O–H groups in total. The largest absolute Gasteiger partial charge is 0.478 e. The van der Waals surface area contributed by atoms with Gasteiger partial charge in [0.15, 0.2) is 0 Å². The fourth-order valence-electron chi connectivity index (χ4n) is 3.18. The van der Waals surface area contributed by atoms with Crippen molar-refractivity contribution in [2.24, 2.45) is 0 Å². The predicted octanol–water partition coefficient (Wildman–Crippen LogP) is 4.68. The summed E-state index contributed by atoms with van der Waals surface area (Å²) in [6, 6.07) is 11.8. The number of benzene rings is 2. The van der Waals surface area contributed by atoms with E-state index in [-0.39, 0.29) is 11.5 Å². The molecule has 3 aromatic rings. The van der Waals surface area contributed by atoms with Gasteiger partial charge in [-0.1, -0.05) is 21.1 Å². The lowest BCUT2D eigenvalue weighted by atomic mass is 10.1. The highest BCUT2D eigenvalue weighted by Gasteiger charge is 2.17. The highest BCUT2D eigenvalue weighted by Crippen LogP contribution is 2.25. The van der Waals surface area contributed by atoms with Crippen molar-refractivity contribution in [2.75, 3.05) is 23.8 Å². The third-order valence-electron chi connectivity index (χ3n) is 4.88. The molecular formula is C22H22BrN3O4. The maximum atomic E-state index is 12.4. The summed E-state index contributed by atoms with van der Waals surface area (Å²) < 4.78 is 6.06. The quantitative estimate of drug-likeness (QED) is 0.519. The number of nitrogens with one attached hydrogen (secondary N) is 1. The molecule has 0 saturated carbocycles. The molecule has 156 valence electrons. The number of aromatic nitrogens is 1. The van der Waals surface area contributed by atoms with Gasteiger partial charge in [-0.05, 0) is 62.7 Å². The van der Waals surface area contributed by atoms with E-state index in [4.69, 9.17) is 4.52 Å². The van der Waals surface area contributed by atoms with Gasteiger partial charge >= 0.3 is 5.97 Å². The third-order valence-corrected chi connectivity index (χ3v) is 5.41. The first-order valence-electron chi connectivity index (χ1n) is 9.33. The van der Waals surface area contributed by atoms with Crippen molar-refractivity contribution in [2.45, 2.75) is 20.3 Å². The van der Waals surface area contributed by atoms with Crippen LogP contribution in [0.15, 0.2) is 51.5 Å². The van der Waals surface area contributed by atoms with Crippen molar-refractivity contribution in [3.8, 4) is 0 Å². The second-order valence-corrected chi connectivity index (χ2v) is 7.89. The highest BCUT2D eigenvalue weighted by molar-refractivity contribution is 9.10. The minimum Gasteiger partial charge on any atom is -0.478 e. The zero-order chi connectivity index (χ0) is 21.8. The molecule has 7 nitrogen and oxygen atoms in total.